The van der Waals surface area contributed by atoms with Crippen LogP contribution >= 0.6 is 0 Å². The minimum absolute atomic E-state index is 0.540. The van der Waals surface area contributed by atoms with Crippen LogP contribution in [0.4, 0.5) is 13.2 Å². The molecule has 0 spiro atoms. The molecule has 0 aromatic heterocycles. The van der Waals surface area contributed by atoms with Crippen LogP contribution in [0, 0.1) is 0 Å². The van der Waals surface area contributed by atoms with Crippen LogP contribution in [-0.2, 0) is 11.8 Å². The van der Waals surface area contributed by atoms with Crippen molar-refractivity contribution in [2.45, 2.75) is 44.4 Å². The maximum atomic E-state index is 12.4. The molecule has 1 rings (SSSR count). The zero-order valence-corrected chi connectivity index (χ0v) is 12.1. The van der Waals surface area contributed by atoms with E-state index in [9.17, 15) is 18.3 Å². The van der Waals surface area contributed by atoms with Crippen LogP contribution in [0.5, 0.6) is 0 Å². The van der Waals surface area contributed by atoms with E-state index in [2.05, 4.69) is 19.6 Å². The average Bonchev–Trinajstić information content (AvgIpc) is 2.13. The molecule has 102 valence electrons. The third-order valence-electron chi connectivity index (χ3n) is 2.71. The molecule has 1 unspecified atom stereocenters. The molecule has 0 radical (unpaired) electrons. The molecule has 0 heterocycles. The van der Waals surface area contributed by atoms with Crippen LogP contribution in [0.15, 0.2) is 24.3 Å². The Bertz CT molecular complexity index is 402. The Labute approximate surface area is 107 Å². The van der Waals surface area contributed by atoms with E-state index in [1.807, 2.05) is 0 Å². The van der Waals surface area contributed by atoms with Gasteiger partial charge in [0.1, 0.15) is 0 Å². The Balaban J connectivity index is 2.98. The number of aliphatic hydroxyl groups is 1. The summed E-state index contributed by atoms with van der Waals surface area (Å²) in [7, 11) is -1.50. The predicted octanol–water partition coefficient (Wildman–Crippen LogP) is 4.25. The third kappa shape index (κ3) is 4.14. The van der Waals surface area contributed by atoms with E-state index < -0.39 is 25.4 Å². The van der Waals surface area contributed by atoms with E-state index >= 15 is 0 Å². The Morgan fingerprint density at radius 2 is 1.39 bits per heavy atom. The first-order chi connectivity index (χ1) is 7.92. The Kier molecular flexibility index (Phi) is 3.98. The molecule has 0 aliphatic heterocycles. The van der Waals surface area contributed by atoms with Crippen LogP contribution < -0.4 is 0 Å². The molecule has 0 aliphatic rings. The summed E-state index contributed by atoms with van der Waals surface area (Å²) in [6.07, 6.45) is -4.33. The van der Waals surface area contributed by atoms with Gasteiger partial charge in [-0.15, -0.1) is 0 Å². The maximum Gasteiger partial charge on any atom is 0.416 e. The van der Waals surface area contributed by atoms with Crippen molar-refractivity contribution >= 4 is 8.07 Å². The molecular weight excluding hydrogens is 257 g/mol. The van der Waals surface area contributed by atoms with Crippen molar-refractivity contribution in [2.24, 2.45) is 0 Å². The molecule has 1 atom stereocenters. The molecular formula is C13H19F3OSi. The van der Waals surface area contributed by atoms with Crippen molar-refractivity contribution in [3.05, 3.63) is 35.4 Å². The minimum atomic E-state index is -4.33. The normalized spacial score (nSPS) is 16.4. The van der Waals surface area contributed by atoms with E-state index in [4.69, 9.17) is 0 Å². The average molecular weight is 276 g/mol. The summed E-state index contributed by atoms with van der Waals surface area (Å²) < 4.78 is 37.3. The lowest BCUT2D eigenvalue weighted by Crippen LogP contribution is -2.33. The second-order valence-electron chi connectivity index (χ2n) is 6.09. The predicted molar refractivity (Wildman–Crippen MR) is 69.2 cm³/mol. The highest BCUT2D eigenvalue weighted by molar-refractivity contribution is 6.76. The minimum Gasteiger partial charge on any atom is -0.386 e. The fourth-order valence-corrected chi connectivity index (χ4v) is 4.42. The fourth-order valence-electron chi connectivity index (χ4n) is 2.15. The second-order valence-corrected chi connectivity index (χ2v) is 11.6. The first kappa shape index (κ1) is 15.2. The lowest BCUT2D eigenvalue weighted by atomic mass is 9.97. The molecule has 0 bridgehead atoms. The molecule has 0 saturated heterocycles. The Morgan fingerprint density at radius 3 is 1.72 bits per heavy atom. The molecule has 0 aliphatic carbocycles. The van der Waals surface area contributed by atoms with Crippen molar-refractivity contribution in [1.82, 2.24) is 0 Å². The van der Waals surface area contributed by atoms with Crippen molar-refractivity contribution in [1.29, 1.82) is 0 Å². The molecule has 1 aromatic rings. The van der Waals surface area contributed by atoms with E-state index in [0.29, 0.717) is 11.6 Å². The first-order valence-electron chi connectivity index (χ1n) is 5.82. The lowest BCUT2D eigenvalue weighted by molar-refractivity contribution is -0.137. The van der Waals surface area contributed by atoms with Gasteiger partial charge in [-0.2, -0.15) is 13.2 Å². The smallest absolute Gasteiger partial charge is 0.386 e. The van der Waals surface area contributed by atoms with E-state index in [0.717, 1.165) is 12.1 Å². The van der Waals surface area contributed by atoms with Gasteiger partial charge in [0.2, 0.25) is 0 Å². The van der Waals surface area contributed by atoms with Gasteiger partial charge < -0.3 is 5.11 Å². The van der Waals surface area contributed by atoms with Crippen LogP contribution in [0.2, 0.25) is 25.7 Å². The molecule has 0 fully saturated rings. The van der Waals surface area contributed by atoms with E-state index in [1.54, 1.807) is 6.92 Å². The highest BCUT2D eigenvalue weighted by Crippen LogP contribution is 2.34. The fraction of sp³-hybridized carbons (Fsp3) is 0.538. The van der Waals surface area contributed by atoms with Crippen molar-refractivity contribution < 1.29 is 18.3 Å². The van der Waals surface area contributed by atoms with Crippen LogP contribution in [0.1, 0.15) is 18.1 Å². The number of hydrogen-bond acceptors (Lipinski definition) is 1. The largest absolute Gasteiger partial charge is 0.416 e. The van der Waals surface area contributed by atoms with E-state index in [1.165, 1.54) is 12.1 Å². The highest BCUT2D eigenvalue weighted by Gasteiger charge is 2.33. The number of alkyl halides is 3. The van der Waals surface area contributed by atoms with E-state index in [-0.39, 0.29) is 0 Å². The van der Waals surface area contributed by atoms with Crippen LogP contribution in [-0.4, -0.2) is 13.2 Å². The van der Waals surface area contributed by atoms with Crippen LogP contribution in [0.3, 0.4) is 0 Å². The van der Waals surface area contributed by atoms with Gasteiger partial charge in [0.15, 0.2) is 0 Å². The van der Waals surface area contributed by atoms with Crippen molar-refractivity contribution in [3.8, 4) is 0 Å². The van der Waals surface area contributed by atoms with Gasteiger partial charge in [0, 0.05) is 8.07 Å². The van der Waals surface area contributed by atoms with Gasteiger partial charge in [0.25, 0.3) is 0 Å². The van der Waals surface area contributed by atoms with Crippen LogP contribution in [0.25, 0.3) is 0 Å². The van der Waals surface area contributed by atoms with Gasteiger partial charge in [-0.05, 0) is 30.7 Å². The summed E-state index contributed by atoms with van der Waals surface area (Å²) >= 11 is 0. The molecule has 0 amide bonds. The van der Waals surface area contributed by atoms with Crippen molar-refractivity contribution in [2.75, 3.05) is 0 Å². The monoisotopic (exact) mass is 276 g/mol. The zero-order chi connectivity index (χ0) is 14.2. The molecule has 5 heteroatoms. The highest BCUT2D eigenvalue weighted by atomic mass is 28.3. The summed E-state index contributed by atoms with van der Waals surface area (Å²) in [6.45, 7) is 8.01. The summed E-state index contributed by atoms with van der Waals surface area (Å²) in [5.74, 6) is 0. The van der Waals surface area contributed by atoms with Gasteiger partial charge in [-0.3, -0.25) is 0 Å². The Morgan fingerprint density at radius 1 is 1.00 bits per heavy atom. The number of rotatable bonds is 3. The molecule has 0 saturated carbocycles. The first-order valence-corrected chi connectivity index (χ1v) is 9.53. The summed E-state index contributed by atoms with van der Waals surface area (Å²) in [4.78, 5) is 0. The summed E-state index contributed by atoms with van der Waals surface area (Å²) in [6, 6.07) is 5.39. The maximum absolute atomic E-state index is 12.4. The number of benzene rings is 1. The standard InChI is InChI=1S/C13H19F3OSi/c1-12(17,9-18(2,3)4)10-5-7-11(8-6-10)13(14,15)16/h5-8,17H,9H2,1-4H3. The SMILES string of the molecule is CC(O)(C[Si](C)(C)C)c1ccc(C(F)(F)F)cc1. The quantitative estimate of drug-likeness (QED) is 0.818. The molecule has 1 aromatic carbocycles. The number of halogens is 3. The van der Waals surface area contributed by atoms with Gasteiger partial charge in [-0.1, -0.05) is 31.8 Å². The van der Waals surface area contributed by atoms with Gasteiger partial charge in [-0.25, -0.2) is 0 Å². The van der Waals surface area contributed by atoms with Crippen molar-refractivity contribution in [3.63, 3.8) is 0 Å². The van der Waals surface area contributed by atoms with Gasteiger partial charge in [0.05, 0.1) is 11.2 Å². The topological polar surface area (TPSA) is 20.2 Å². The summed E-state index contributed by atoms with van der Waals surface area (Å²) in [5, 5.41) is 10.4. The molecule has 1 N–H and O–H groups in total. The third-order valence-corrected chi connectivity index (χ3v) is 4.46. The molecule has 1 nitrogen and oxygen atoms in total. The summed E-state index contributed by atoms with van der Waals surface area (Å²) in [5.41, 5.74) is -1.21. The zero-order valence-electron chi connectivity index (χ0n) is 11.1. The van der Waals surface area contributed by atoms with Gasteiger partial charge >= 0.3 is 6.18 Å². The second kappa shape index (κ2) is 4.70. The number of hydrogen-bond donors (Lipinski definition) is 1. The lowest BCUT2D eigenvalue weighted by Gasteiger charge is -2.30. The Hall–Kier alpha value is -0.813. The molecule has 18 heavy (non-hydrogen) atoms.